The van der Waals surface area contributed by atoms with Gasteiger partial charge in [-0.2, -0.15) is 0 Å². The number of carbonyl (C=O) groups excluding carboxylic acids is 1. The molecule has 1 amide bonds. The van der Waals surface area contributed by atoms with E-state index < -0.39 is 15.9 Å². The Kier molecular flexibility index (Phi) is 5.24. The number of carbonyl (C=O) groups is 1. The van der Waals surface area contributed by atoms with E-state index in [2.05, 4.69) is 26.8 Å². The Hall–Kier alpha value is -1.81. The molecule has 1 aromatic heterocycles. The molecule has 2 rings (SSSR count). The molecule has 0 fully saturated rings. The fourth-order valence-electron chi connectivity index (χ4n) is 1.37. The third-order valence-electron chi connectivity index (χ3n) is 2.38. The molecule has 0 unspecified atom stereocenters. The first-order valence-corrected chi connectivity index (χ1v) is 8.61. The summed E-state index contributed by atoms with van der Waals surface area (Å²) >= 11 is 6.49. The molecule has 0 radical (unpaired) electrons. The number of benzene rings is 1. The predicted octanol–water partition coefficient (Wildman–Crippen LogP) is 1.91. The SMILES string of the molecule is C=CCNS(=O)(=O)c1nnc(NC(=O)c2ccc(Cl)cc2)s1. The molecule has 0 aliphatic rings. The molecule has 2 aromatic rings. The second-order valence-corrected chi connectivity index (χ2v) is 7.33. The van der Waals surface area contributed by atoms with E-state index in [4.69, 9.17) is 11.6 Å². The predicted molar refractivity (Wildman–Crippen MR) is 84.7 cm³/mol. The molecule has 0 atom stereocenters. The van der Waals surface area contributed by atoms with E-state index in [0.717, 1.165) is 11.3 Å². The highest BCUT2D eigenvalue weighted by Crippen LogP contribution is 2.20. The van der Waals surface area contributed by atoms with Crippen molar-refractivity contribution in [2.24, 2.45) is 0 Å². The van der Waals surface area contributed by atoms with E-state index in [0.29, 0.717) is 10.6 Å². The fraction of sp³-hybridized carbons (Fsp3) is 0.0833. The van der Waals surface area contributed by atoms with Crippen molar-refractivity contribution in [1.82, 2.24) is 14.9 Å². The zero-order chi connectivity index (χ0) is 16.2. The van der Waals surface area contributed by atoms with Gasteiger partial charge in [-0.1, -0.05) is 29.0 Å². The second kappa shape index (κ2) is 6.97. The number of halogens is 1. The van der Waals surface area contributed by atoms with Gasteiger partial charge in [0, 0.05) is 17.1 Å². The van der Waals surface area contributed by atoms with Crippen LogP contribution < -0.4 is 10.0 Å². The van der Waals surface area contributed by atoms with Gasteiger partial charge in [0.2, 0.25) is 9.47 Å². The summed E-state index contributed by atoms with van der Waals surface area (Å²) in [5, 5.41) is 10.3. The molecule has 0 aliphatic heterocycles. The number of anilines is 1. The van der Waals surface area contributed by atoms with Crippen molar-refractivity contribution in [2.75, 3.05) is 11.9 Å². The lowest BCUT2D eigenvalue weighted by molar-refractivity contribution is 0.102. The number of aromatic nitrogens is 2. The first kappa shape index (κ1) is 16.6. The van der Waals surface area contributed by atoms with Crippen molar-refractivity contribution in [3.63, 3.8) is 0 Å². The van der Waals surface area contributed by atoms with Crippen LogP contribution in [0.5, 0.6) is 0 Å². The van der Waals surface area contributed by atoms with Gasteiger partial charge in [0.1, 0.15) is 0 Å². The van der Waals surface area contributed by atoms with Crippen LogP contribution in [0.2, 0.25) is 5.02 Å². The number of nitrogens with one attached hydrogen (secondary N) is 2. The minimum absolute atomic E-state index is 0.0778. The molecular weight excluding hydrogens is 348 g/mol. The minimum Gasteiger partial charge on any atom is -0.296 e. The highest BCUT2D eigenvalue weighted by atomic mass is 35.5. The maximum atomic E-state index is 12.0. The number of sulfonamides is 1. The van der Waals surface area contributed by atoms with Crippen molar-refractivity contribution in [3.05, 3.63) is 47.5 Å². The van der Waals surface area contributed by atoms with Gasteiger partial charge in [-0.15, -0.1) is 16.8 Å². The van der Waals surface area contributed by atoms with Gasteiger partial charge in [0.05, 0.1) is 0 Å². The number of nitrogens with zero attached hydrogens (tertiary/aromatic N) is 2. The summed E-state index contributed by atoms with van der Waals surface area (Å²) in [5.74, 6) is -0.434. The van der Waals surface area contributed by atoms with Crippen molar-refractivity contribution in [1.29, 1.82) is 0 Å². The Morgan fingerprint density at radius 3 is 2.64 bits per heavy atom. The van der Waals surface area contributed by atoms with Crippen LogP contribution in [0.25, 0.3) is 0 Å². The summed E-state index contributed by atoms with van der Waals surface area (Å²) in [7, 11) is -3.75. The van der Waals surface area contributed by atoms with Gasteiger partial charge in [-0.25, -0.2) is 13.1 Å². The lowest BCUT2D eigenvalue weighted by Gasteiger charge is -2.01. The average molecular weight is 359 g/mol. The fourth-order valence-corrected chi connectivity index (χ4v) is 3.43. The summed E-state index contributed by atoms with van der Waals surface area (Å²) in [5.41, 5.74) is 0.369. The van der Waals surface area contributed by atoms with Crippen LogP contribution in [0.1, 0.15) is 10.4 Å². The van der Waals surface area contributed by atoms with Crippen molar-refractivity contribution >= 4 is 44.0 Å². The molecule has 0 bridgehead atoms. The molecule has 0 saturated heterocycles. The Morgan fingerprint density at radius 1 is 1.32 bits per heavy atom. The summed E-state index contributed by atoms with van der Waals surface area (Å²) in [6, 6.07) is 6.24. The van der Waals surface area contributed by atoms with Crippen LogP contribution in [-0.4, -0.2) is 31.1 Å². The first-order chi connectivity index (χ1) is 10.4. The Labute approximate surface area is 136 Å². The quantitative estimate of drug-likeness (QED) is 0.606. The van der Waals surface area contributed by atoms with E-state index in [1.165, 1.54) is 6.08 Å². The minimum atomic E-state index is -3.75. The summed E-state index contributed by atoms with van der Waals surface area (Å²) < 4.78 is 25.7. The van der Waals surface area contributed by atoms with E-state index >= 15 is 0 Å². The van der Waals surface area contributed by atoms with Gasteiger partial charge in [0.15, 0.2) is 0 Å². The highest BCUT2D eigenvalue weighted by Gasteiger charge is 2.20. The molecule has 2 N–H and O–H groups in total. The van der Waals surface area contributed by atoms with Crippen LogP contribution in [0.15, 0.2) is 41.3 Å². The van der Waals surface area contributed by atoms with Gasteiger partial charge >= 0.3 is 0 Å². The van der Waals surface area contributed by atoms with Crippen LogP contribution in [-0.2, 0) is 10.0 Å². The molecule has 116 valence electrons. The lowest BCUT2D eigenvalue weighted by atomic mass is 10.2. The average Bonchev–Trinajstić information content (AvgIpc) is 2.95. The van der Waals surface area contributed by atoms with Gasteiger partial charge in [0.25, 0.3) is 15.9 Å². The second-order valence-electron chi connectivity index (χ2n) is 3.97. The smallest absolute Gasteiger partial charge is 0.270 e. The van der Waals surface area contributed by atoms with Crippen molar-refractivity contribution in [3.8, 4) is 0 Å². The summed E-state index contributed by atoms with van der Waals surface area (Å²) in [4.78, 5) is 12.0. The highest BCUT2D eigenvalue weighted by molar-refractivity contribution is 7.91. The maximum absolute atomic E-state index is 12.0. The third kappa shape index (κ3) is 4.10. The van der Waals surface area contributed by atoms with Gasteiger partial charge in [-0.3, -0.25) is 10.1 Å². The lowest BCUT2D eigenvalue weighted by Crippen LogP contribution is -2.23. The molecule has 10 heteroatoms. The number of hydrogen-bond donors (Lipinski definition) is 2. The Morgan fingerprint density at radius 2 is 2.00 bits per heavy atom. The largest absolute Gasteiger partial charge is 0.296 e. The number of hydrogen-bond acceptors (Lipinski definition) is 6. The zero-order valence-corrected chi connectivity index (χ0v) is 13.5. The topological polar surface area (TPSA) is 101 Å². The first-order valence-electron chi connectivity index (χ1n) is 5.93. The van der Waals surface area contributed by atoms with Gasteiger partial charge < -0.3 is 0 Å². The third-order valence-corrected chi connectivity index (χ3v) is 5.26. The van der Waals surface area contributed by atoms with Crippen molar-refractivity contribution in [2.45, 2.75) is 4.34 Å². The van der Waals surface area contributed by atoms with Crippen LogP contribution in [0.4, 0.5) is 5.13 Å². The Bertz CT molecular complexity index is 787. The molecule has 0 spiro atoms. The monoisotopic (exact) mass is 358 g/mol. The molecule has 0 saturated carbocycles. The van der Waals surface area contributed by atoms with E-state index in [1.54, 1.807) is 24.3 Å². The normalized spacial score (nSPS) is 11.1. The molecule has 0 aliphatic carbocycles. The van der Waals surface area contributed by atoms with E-state index in [1.807, 2.05) is 0 Å². The van der Waals surface area contributed by atoms with Crippen molar-refractivity contribution < 1.29 is 13.2 Å². The van der Waals surface area contributed by atoms with Crippen LogP contribution in [0, 0.1) is 0 Å². The molecule has 1 heterocycles. The van der Waals surface area contributed by atoms with E-state index in [-0.39, 0.29) is 16.0 Å². The molecular formula is C12H11ClN4O3S2. The van der Waals surface area contributed by atoms with E-state index in [9.17, 15) is 13.2 Å². The van der Waals surface area contributed by atoms with Crippen LogP contribution >= 0.6 is 22.9 Å². The zero-order valence-electron chi connectivity index (χ0n) is 11.1. The standard InChI is InChI=1S/C12H11ClN4O3S2/c1-2-7-14-22(19,20)12-17-16-11(21-12)15-10(18)8-3-5-9(13)6-4-8/h2-6,14H,1,7H2,(H,15,16,18). The number of amides is 1. The Balaban J connectivity index is 2.10. The van der Waals surface area contributed by atoms with Crippen LogP contribution in [0.3, 0.4) is 0 Å². The molecule has 7 nitrogen and oxygen atoms in total. The molecule has 1 aromatic carbocycles. The molecule has 22 heavy (non-hydrogen) atoms. The maximum Gasteiger partial charge on any atom is 0.270 e. The summed E-state index contributed by atoms with van der Waals surface area (Å²) in [6.07, 6.45) is 1.40. The number of rotatable bonds is 6. The van der Waals surface area contributed by atoms with Gasteiger partial charge in [-0.05, 0) is 24.3 Å². The summed E-state index contributed by atoms with van der Waals surface area (Å²) in [6.45, 7) is 3.49.